The van der Waals surface area contributed by atoms with E-state index in [2.05, 4.69) is 101 Å². The highest BCUT2D eigenvalue weighted by Gasteiger charge is 2.73. The Bertz CT molecular complexity index is 2520. The van der Waals surface area contributed by atoms with Gasteiger partial charge < -0.3 is 24.4 Å². The minimum absolute atomic E-state index is 0.0290. The summed E-state index contributed by atoms with van der Waals surface area (Å²) in [6, 6.07) is 0. The van der Waals surface area contributed by atoms with Crippen molar-refractivity contribution in [3.8, 4) is 0 Å². The fourth-order valence-corrected chi connectivity index (χ4v) is 24.0. The number of rotatable bonds is 6. The van der Waals surface area contributed by atoms with Gasteiger partial charge in [-0.1, -0.05) is 93.5 Å². The molecule has 472 valence electrons. The Labute approximate surface area is 492 Å². The molecule has 10 rings (SSSR count). The maximum absolute atomic E-state index is 13.1. The number of aliphatic hydroxyl groups is 2. The summed E-state index contributed by atoms with van der Waals surface area (Å²) in [5.41, 5.74) is 3.48. The van der Waals surface area contributed by atoms with Crippen molar-refractivity contribution in [2.24, 2.45) is 113 Å². The van der Waals surface area contributed by atoms with Gasteiger partial charge in [-0.15, -0.1) is 0 Å². The number of aliphatic hydroxyl groups excluding tert-OH is 2. The number of hydrogen-bond donors (Lipinski definition) is 2. The molecule has 0 aliphatic heterocycles. The van der Waals surface area contributed by atoms with Gasteiger partial charge in [-0.25, -0.2) is 9.59 Å². The lowest BCUT2D eigenvalue weighted by Crippen LogP contribution is -2.67. The molecule has 0 aromatic heterocycles. The van der Waals surface area contributed by atoms with E-state index in [1.807, 2.05) is 0 Å². The monoisotopic (exact) mass is 1180 g/mol. The molecule has 0 aromatic carbocycles. The molecule has 15 heteroatoms. The van der Waals surface area contributed by atoms with Crippen LogP contribution in [0.1, 0.15) is 225 Å². The molecule has 2 N–H and O–H groups in total. The van der Waals surface area contributed by atoms with Crippen LogP contribution in [0.3, 0.4) is 0 Å². The SMILES string of the molecule is C=C(C)[C@@H]1CC[C@]2(CO)CC[C@]3(C)[C@H](CC[C@@H]4[C@@]5(C)CC[C@H](O)C(C)(C)[C@@H]5CC[C@]43C)[C@@H]12.C=C(C)[C@@H]1CC[C@]2(COC(=O)C(F)(F)F)CC[C@]3(C)[C@H](CC[C@@H]4[C@@]5(C)CC[C@H](OC(C)=O)C(C)(C)[C@@H]5CC[C@]43C)[C@@H]12.CC(=O)OC(=O)C(F)(F)F. The molecule has 0 bridgehead atoms. The van der Waals surface area contributed by atoms with Gasteiger partial charge in [0.2, 0.25) is 0 Å². The molecule has 20 atom stereocenters. The number of fused-ring (bicyclic) bond motifs is 14. The van der Waals surface area contributed by atoms with Gasteiger partial charge in [0.1, 0.15) is 6.10 Å². The van der Waals surface area contributed by atoms with Crippen LogP contribution in [0.2, 0.25) is 0 Å². The molecule has 9 nitrogen and oxygen atoms in total. The third kappa shape index (κ3) is 10.4. The molecular formula is C68H104F6O9. The van der Waals surface area contributed by atoms with E-state index in [0.29, 0.717) is 65.3 Å². The molecule has 83 heavy (non-hydrogen) atoms. The largest absolute Gasteiger partial charge is 0.491 e. The summed E-state index contributed by atoms with van der Waals surface area (Å²) < 4.78 is 87.0. The highest BCUT2D eigenvalue weighted by molar-refractivity contribution is 5.87. The normalized spacial score (nSPS) is 46.2. The van der Waals surface area contributed by atoms with Gasteiger partial charge >= 0.3 is 36.2 Å². The third-order valence-electron chi connectivity index (χ3n) is 28.2. The number of carbonyl (C=O) groups is 4. The Morgan fingerprint density at radius 2 is 0.916 bits per heavy atom. The van der Waals surface area contributed by atoms with Crippen molar-refractivity contribution in [1.82, 2.24) is 0 Å². The Hall–Kier alpha value is -2.94. The topological polar surface area (TPSA) is 136 Å². The van der Waals surface area contributed by atoms with Crippen molar-refractivity contribution >= 4 is 23.9 Å². The molecule has 0 heterocycles. The Kier molecular flexibility index (Phi) is 17.5. The van der Waals surface area contributed by atoms with Gasteiger partial charge in [0.05, 0.1) is 12.7 Å². The minimum atomic E-state index is -5.09. The molecule has 0 amide bonds. The third-order valence-corrected chi connectivity index (χ3v) is 28.2. The number of alkyl halides is 6. The number of carbonyl (C=O) groups excluding carboxylic acids is 4. The summed E-state index contributed by atoms with van der Waals surface area (Å²) in [4.78, 5) is 43.2. The number of esters is 4. The zero-order valence-corrected chi connectivity index (χ0v) is 52.9. The quantitative estimate of drug-likeness (QED) is 0.0876. The summed E-state index contributed by atoms with van der Waals surface area (Å²) in [6.45, 7) is 40.3. The fourth-order valence-electron chi connectivity index (χ4n) is 24.0. The summed E-state index contributed by atoms with van der Waals surface area (Å²) in [5, 5.41) is 21.5. The summed E-state index contributed by atoms with van der Waals surface area (Å²) >= 11 is 0. The predicted molar refractivity (Wildman–Crippen MR) is 306 cm³/mol. The van der Waals surface area contributed by atoms with E-state index < -0.39 is 35.7 Å². The number of allylic oxidation sites excluding steroid dienone is 2. The zero-order valence-electron chi connectivity index (χ0n) is 52.9. The van der Waals surface area contributed by atoms with Crippen molar-refractivity contribution < 1.29 is 69.9 Å². The van der Waals surface area contributed by atoms with Crippen molar-refractivity contribution in [2.75, 3.05) is 13.2 Å². The number of hydrogen-bond acceptors (Lipinski definition) is 9. The molecule has 10 saturated carbocycles. The first-order valence-corrected chi connectivity index (χ1v) is 31.9. The lowest BCUT2D eigenvalue weighted by molar-refractivity contribution is -0.253. The van der Waals surface area contributed by atoms with Gasteiger partial charge in [0.15, 0.2) is 0 Å². The van der Waals surface area contributed by atoms with Crippen molar-refractivity contribution in [3.63, 3.8) is 0 Å². The van der Waals surface area contributed by atoms with Crippen molar-refractivity contribution in [3.05, 3.63) is 24.3 Å². The minimum Gasteiger partial charge on any atom is -0.462 e. The van der Waals surface area contributed by atoms with Gasteiger partial charge in [0.25, 0.3) is 0 Å². The molecular weight excluding hydrogens is 1070 g/mol. The van der Waals surface area contributed by atoms with Crippen LogP contribution < -0.4 is 0 Å². The highest BCUT2D eigenvalue weighted by atomic mass is 19.4. The molecule has 0 unspecified atom stereocenters. The van der Waals surface area contributed by atoms with Gasteiger partial charge in [-0.2, -0.15) is 26.3 Å². The first-order valence-electron chi connectivity index (χ1n) is 31.9. The molecule has 0 saturated heterocycles. The van der Waals surface area contributed by atoms with Crippen LogP contribution >= 0.6 is 0 Å². The van der Waals surface area contributed by atoms with E-state index in [-0.39, 0.29) is 69.1 Å². The van der Waals surface area contributed by atoms with E-state index in [9.17, 15) is 55.7 Å². The second-order valence-corrected chi connectivity index (χ2v) is 32.0. The highest BCUT2D eigenvalue weighted by Crippen LogP contribution is 2.80. The van der Waals surface area contributed by atoms with Crippen LogP contribution in [-0.4, -0.2) is 71.9 Å². The smallest absolute Gasteiger partial charge is 0.462 e. The molecule has 10 aliphatic carbocycles. The maximum Gasteiger partial charge on any atom is 0.491 e. The number of ether oxygens (including phenoxy) is 3. The molecule has 10 fully saturated rings. The van der Waals surface area contributed by atoms with Gasteiger partial charge in [-0.05, 0) is 245 Å². The van der Waals surface area contributed by atoms with Crippen LogP contribution in [0.4, 0.5) is 26.3 Å². The van der Waals surface area contributed by atoms with Crippen molar-refractivity contribution in [1.29, 1.82) is 0 Å². The van der Waals surface area contributed by atoms with Crippen LogP contribution in [0.15, 0.2) is 24.3 Å². The van der Waals surface area contributed by atoms with Gasteiger partial charge in [-0.3, -0.25) is 9.59 Å². The molecule has 10 aliphatic rings. The van der Waals surface area contributed by atoms with E-state index in [1.165, 1.54) is 70.3 Å². The molecule has 0 aromatic rings. The van der Waals surface area contributed by atoms with E-state index in [1.54, 1.807) is 0 Å². The second-order valence-electron chi connectivity index (χ2n) is 32.0. The summed E-state index contributed by atoms with van der Waals surface area (Å²) in [6.07, 6.45) is 11.8. The maximum atomic E-state index is 13.1. The standard InChI is InChI=1S/C34H51F3O4.C30H50O2.C4H3F3O3/c1-20(2)22-11-16-33(19-40-28(39)34(35,36)37)18-17-31(7)23(27(22)33)9-10-25-30(6)14-13-26(41-21(3)38)29(4,5)24(30)12-15-32(25,31)8;1-19(2)20-10-15-30(18-31)17-16-28(6)21(25(20)30)8-9-23-27(5)13-12-24(32)26(3,4)22(27)11-14-29(23,28)7;1-2(8)10-3(9)4(5,6)7/h22-27H,1,9-19H2,2-8H3;20-25,31-32H,1,8-18H2,2-7H3;1H3/t22-,23+,24-,25+,26-,27+,30-,31+,32+,33+;20-,21+,22-,23+,24-,25+,27-,28+,29+,30+;/m00./s1. The Morgan fingerprint density at radius 3 is 1.34 bits per heavy atom. The van der Waals surface area contributed by atoms with E-state index >= 15 is 0 Å². The van der Waals surface area contributed by atoms with E-state index in [0.717, 1.165) is 88.0 Å². The van der Waals surface area contributed by atoms with E-state index in [4.69, 9.17) is 9.47 Å². The predicted octanol–water partition coefficient (Wildman–Crippen LogP) is 16.3. The van der Waals surface area contributed by atoms with Gasteiger partial charge in [0, 0.05) is 31.3 Å². The number of halogens is 6. The lowest BCUT2D eigenvalue weighted by atomic mass is 9.32. The Morgan fingerprint density at radius 1 is 0.482 bits per heavy atom. The first-order chi connectivity index (χ1) is 38.0. The molecule has 0 spiro atoms. The van der Waals surface area contributed by atoms with Crippen LogP contribution in [0.25, 0.3) is 0 Å². The van der Waals surface area contributed by atoms with Crippen LogP contribution in [-0.2, 0) is 33.4 Å². The van der Waals surface area contributed by atoms with Crippen molar-refractivity contribution in [2.45, 2.75) is 250 Å². The second kappa shape index (κ2) is 22.0. The fraction of sp³-hybridized carbons (Fsp3) is 0.882. The average molecular weight is 1180 g/mol. The Balaban J connectivity index is 0.000000190. The summed E-state index contributed by atoms with van der Waals surface area (Å²) in [5.74, 6) is -0.913. The lowest BCUT2D eigenvalue weighted by Gasteiger charge is -2.73. The van der Waals surface area contributed by atoms with Crippen LogP contribution in [0.5, 0.6) is 0 Å². The first kappa shape index (κ1) is 66.0. The molecule has 0 radical (unpaired) electrons. The average Bonchev–Trinajstić information content (AvgIpc) is 1.53. The zero-order chi connectivity index (χ0) is 62.1. The van der Waals surface area contributed by atoms with Crippen LogP contribution in [0, 0.1) is 113 Å². The summed E-state index contributed by atoms with van der Waals surface area (Å²) in [7, 11) is 0.